The highest BCUT2D eigenvalue weighted by atomic mass is 35.5. The fourth-order valence-corrected chi connectivity index (χ4v) is 20.3. The Bertz CT molecular complexity index is 2980. The van der Waals surface area contributed by atoms with Gasteiger partial charge in [0.1, 0.15) is 23.0 Å². The van der Waals surface area contributed by atoms with Crippen LogP contribution < -0.4 is 30.8 Å². The van der Waals surface area contributed by atoms with Crippen molar-refractivity contribution in [3.8, 4) is 22.8 Å². The Kier molecular flexibility index (Phi) is 18.4. The third-order valence-electron chi connectivity index (χ3n) is 17.9. The average molecular weight is 1210 g/mol. The van der Waals surface area contributed by atoms with Crippen LogP contribution >= 0.6 is 23.2 Å². The molecule has 14 nitrogen and oxygen atoms in total. The maximum atomic E-state index is 16.7. The summed E-state index contributed by atoms with van der Waals surface area (Å²) in [5.74, 6) is 1.09. The Morgan fingerprint density at radius 3 is 1.21 bits per heavy atom. The Morgan fingerprint density at radius 1 is 0.575 bits per heavy atom. The fourth-order valence-electron chi connectivity index (χ4n) is 10.9. The molecule has 0 bridgehead atoms. The van der Waals surface area contributed by atoms with Gasteiger partial charge in [-0.3, -0.25) is 10.2 Å². The molecule has 2 fully saturated rings. The first-order valence-electron chi connectivity index (χ1n) is 28.5. The lowest BCUT2D eigenvalue weighted by Gasteiger charge is -2.49. The highest BCUT2D eigenvalue weighted by Crippen LogP contribution is 2.44. The van der Waals surface area contributed by atoms with Crippen molar-refractivity contribution < 1.29 is 17.6 Å². The van der Waals surface area contributed by atoms with Crippen LogP contribution in [-0.4, -0.2) is 136 Å². The molecule has 440 valence electrons. The lowest BCUT2D eigenvalue weighted by molar-refractivity contribution is -0.00578. The van der Waals surface area contributed by atoms with Gasteiger partial charge < -0.3 is 29.3 Å². The summed E-state index contributed by atoms with van der Waals surface area (Å²) in [6.07, 6.45) is 3.36. The van der Waals surface area contributed by atoms with E-state index in [1.54, 1.807) is 12.4 Å². The van der Waals surface area contributed by atoms with Crippen LogP contribution in [0.3, 0.4) is 0 Å². The minimum Gasteiger partial charge on any atom is -0.411 e. The van der Waals surface area contributed by atoms with E-state index in [-0.39, 0.29) is 68.2 Å². The second kappa shape index (κ2) is 23.0. The predicted molar refractivity (Wildman–Crippen MR) is 341 cm³/mol. The van der Waals surface area contributed by atoms with E-state index in [0.717, 1.165) is 23.9 Å². The van der Waals surface area contributed by atoms with Gasteiger partial charge in [-0.15, -0.1) is 0 Å². The number of pyridine rings is 4. The number of rotatable bonds is 14. The van der Waals surface area contributed by atoms with Crippen molar-refractivity contribution in [2.75, 3.05) is 49.1 Å². The number of hydrogen-bond acceptors (Lipinski definition) is 12. The molecule has 6 aromatic rings. The van der Waals surface area contributed by atoms with Crippen LogP contribution in [0, 0.1) is 23.5 Å². The second-order valence-electron chi connectivity index (χ2n) is 28.3. The SMILES string of the molecule is CC(C)[C@@](C)(O[Si](C)(C)C)[C@@H]1CN(c2nc(-c3[nH]nc4ncccc34)c(F)c([Si](C)(C)C(C)(C)C)c2Cl)CCN1.CC(C)[C@@](C)(O[Si](C)(C)C)[C@H]1CN(c2nc(-c3[nH]nc4ncccc34)c(F)c([Si](C)(C)C(C)(C)C)c2Cl)CCN1. The topological polar surface area (TPSA) is 158 Å². The van der Waals surface area contributed by atoms with Gasteiger partial charge in [0.2, 0.25) is 0 Å². The number of aromatic amines is 2. The van der Waals surface area contributed by atoms with Gasteiger partial charge in [0.15, 0.2) is 39.6 Å². The average Bonchev–Trinajstić information content (AvgIpc) is 4.05. The van der Waals surface area contributed by atoms with Crippen molar-refractivity contribution >= 4 is 100 Å². The maximum Gasteiger partial charge on any atom is 0.184 e. The lowest BCUT2D eigenvalue weighted by atomic mass is 9.84. The smallest absolute Gasteiger partial charge is 0.184 e. The quantitative estimate of drug-likeness (QED) is 0.0767. The number of H-pyrrole nitrogens is 2. The molecular formula is C58H92Cl2F2N12O2Si4. The van der Waals surface area contributed by atoms with Crippen molar-refractivity contribution in [1.82, 2.24) is 51.0 Å². The number of fused-ring (bicyclic) bond motifs is 2. The van der Waals surface area contributed by atoms with Gasteiger partial charge in [0, 0.05) is 62.4 Å². The van der Waals surface area contributed by atoms with Gasteiger partial charge in [-0.05, 0) is 110 Å². The van der Waals surface area contributed by atoms with Crippen molar-refractivity contribution in [2.24, 2.45) is 11.8 Å². The largest absolute Gasteiger partial charge is 0.411 e. The van der Waals surface area contributed by atoms with Crippen LogP contribution in [0.15, 0.2) is 36.7 Å². The predicted octanol–water partition coefficient (Wildman–Crippen LogP) is 13.1. The van der Waals surface area contributed by atoms with E-state index in [4.69, 9.17) is 42.0 Å². The molecule has 0 spiro atoms. The van der Waals surface area contributed by atoms with Crippen LogP contribution in [0.2, 0.25) is 85.6 Å². The van der Waals surface area contributed by atoms with Gasteiger partial charge in [-0.25, -0.2) is 28.7 Å². The minimum atomic E-state index is -2.44. The highest BCUT2D eigenvalue weighted by Gasteiger charge is 2.49. The molecule has 0 radical (unpaired) electrons. The van der Waals surface area contributed by atoms with Crippen LogP contribution in [0.1, 0.15) is 83.1 Å². The van der Waals surface area contributed by atoms with E-state index >= 15 is 8.78 Å². The van der Waals surface area contributed by atoms with Gasteiger partial charge in [-0.1, -0.05) is 119 Å². The minimum absolute atomic E-state index is 0.0489. The van der Waals surface area contributed by atoms with Gasteiger partial charge >= 0.3 is 0 Å². The zero-order valence-corrected chi connectivity index (χ0v) is 57.4. The molecule has 2 aliphatic rings. The number of halogens is 4. The van der Waals surface area contributed by atoms with Gasteiger partial charge in [0.25, 0.3) is 0 Å². The third-order valence-corrected chi connectivity index (χ3v) is 32.0. The molecule has 0 saturated carbocycles. The van der Waals surface area contributed by atoms with Crippen LogP contribution in [0.4, 0.5) is 20.4 Å². The first-order valence-corrected chi connectivity index (χ1v) is 42.1. The number of anilines is 2. The Morgan fingerprint density at radius 2 is 0.912 bits per heavy atom. The molecular weight excluding hydrogens is 1120 g/mol. The highest BCUT2D eigenvalue weighted by molar-refractivity contribution is 6.94. The number of hydrogen-bond donors (Lipinski definition) is 4. The molecule has 2 aliphatic heterocycles. The molecule has 0 unspecified atom stereocenters. The summed E-state index contributed by atoms with van der Waals surface area (Å²) in [7, 11) is -8.57. The van der Waals surface area contributed by atoms with E-state index in [9.17, 15) is 0 Å². The van der Waals surface area contributed by atoms with Crippen molar-refractivity contribution in [1.29, 1.82) is 0 Å². The Balaban J connectivity index is 0.000000231. The van der Waals surface area contributed by atoms with Gasteiger partial charge in [-0.2, -0.15) is 10.2 Å². The zero-order chi connectivity index (χ0) is 59.7. The molecule has 6 aromatic heterocycles. The molecule has 4 atom stereocenters. The van der Waals surface area contributed by atoms with Crippen molar-refractivity contribution in [3.05, 3.63) is 58.3 Å². The molecule has 80 heavy (non-hydrogen) atoms. The summed E-state index contributed by atoms with van der Waals surface area (Å²) < 4.78 is 47.1. The number of nitrogens with zero attached hydrogens (tertiary/aromatic N) is 8. The summed E-state index contributed by atoms with van der Waals surface area (Å²) in [5, 5.41) is 25.4. The van der Waals surface area contributed by atoms with E-state index in [0.29, 0.717) is 80.9 Å². The lowest BCUT2D eigenvalue weighted by Crippen LogP contribution is -2.65. The van der Waals surface area contributed by atoms with E-state index in [2.05, 4.69) is 199 Å². The molecule has 0 aliphatic carbocycles. The molecule has 22 heteroatoms. The van der Waals surface area contributed by atoms with Crippen LogP contribution in [-0.2, 0) is 8.85 Å². The van der Waals surface area contributed by atoms with E-state index < -0.39 is 32.8 Å². The Labute approximate surface area is 489 Å². The summed E-state index contributed by atoms with van der Waals surface area (Å²) >= 11 is 14.5. The zero-order valence-electron chi connectivity index (χ0n) is 51.9. The van der Waals surface area contributed by atoms with Crippen LogP contribution in [0.5, 0.6) is 0 Å². The first kappa shape index (κ1) is 63.9. The van der Waals surface area contributed by atoms with E-state index in [1.807, 2.05) is 24.3 Å². The third kappa shape index (κ3) is 12.6. The van der Waals surface area contributed by atoms with Crippen molar-refractivity contribution in [2.45, 2.75) is 182 Å². The first-order chi connectivity index (χ1) is 36.8. The van der Waals surface area contributed by atoms with Gasteiger partial charge in [0.05, 0.1) is 60.9 Å². The Hall–Kier alpha value is -3.71. The maximum absolute atomic E-state index is 16.7. The standard InChI is InChI=1S/2C29H46ClFN6OSi2/c2*1-18(2)29(6,38-39(7,8)9)20-17-37(16-15-32-20)27-21(30)25(40(10,11)28(3,4)5)22(31)24(34-27)23-19-13-12-14-33-26(19)36-35-23/h2*12-14,18,20,32H,15-17H2,1-11H3,(H,33,35,36)/t20-,29+;20-,29-/m01/s1. The van der Waals surface area contributed by atoms with E-state index in [1.165, 1.54) is 0 Å². The monoisotopic (exact) mass is 1210 g/mol. The summed E-state index contributed by atoms with van der Waals surface area (Å²) in [6.45, 7) is 52.7. The summed E-state index contributed by atoms with van der Waals surface area (Å²) in [5.41, 5.74) is 1.84. The van der Waals surface area contributed by atoms with Crippen LogP contribution in [0.25, 0.3) is 44.8 Å². The fraction of sp³-hybridized carbons (Fsp3) is 0.621. The number of nitrogens with one attached hydrogen (secondary N) is 4. The number of aromatic nitrogens is 8. The van der Waals surface area contributed by atoms with Crippen molar-refractivity contribution in [3.63, 3.8) is 0 Å². The molecule has 0 amide bonds. The molecule has 0 aromatic carbocycles. The normalized spacial score (nSPS) is 18.9. The molecule has 2 saturated heterocycles. The number of piperazine rings is 2. The summed E-state index contributed by atoms with van der Waals surface area (Å²) in [6, 6.07) is 7.55. The second-order valence-corrected chi connectivity index (χ2v) is 48.4. The molecule has 4 N–H and O–H groups in total. The molecule has 8 rings (SSSR count). The summed E-state index contributed by atoms with van der Waals surface area (Å²) in [4.78, 5) is 23.0. The molecule has 8 heterocycles.